The van der Waals surface area contributed by atoms with E-state index in [1.165, 1.54) is 24.9 Å². The van der Waals surface area contributed by atoms with Gasteiger partial charge in [-0.05, 0) is 37.6 Å². The topological polar surface area (TPSA) is 24.5 Å². The lowest BCUT2D eigenvalue weighted by molar-refractivity contribution is 0.232. The molecule has 1 aromatic carbocycles. The maximum absolute atomic E-state index is 5.48. The van der Waals surface area contributed by atoms with E-state index in [4.69, 9.17) is 4.74 Å². The van der Waals surface area contributed by atoms with Gasteiger partial charge in [-0.25, -0.2) is 0 Å². The van der Waals surface area contributed by atoms with Crippen molar-refractivity contribution >= 4 is 15.9 Å². The molecule has 0 radical (unpaired) electrons. The van der Waals surface area contributed by atoms with E-state index < -0.39 is 0 Å². The quantitative estimate of drug-likeness (QED) is 0.858. The van der Waals surface area contributed by atoms with E-state index in [1.807, 2.05) is 12.1 Å². The average molecular weight is 341 g/mol. The number of methoxy groups -OCH3 is 1. The Morgan fingerprint density at radius 1 is 1.45 bits per heavy atom. The molecule has 1 atom stereocenters. The molecule has 1 aromatic rings. The van der Waals surface area contributed by atoms with E-state index in [0.29, 0.717) is 12.1 Å². The number of nitrogens with one attached hydrogen (secondary N) is 1. The Labute approximate surface area is 130 Å². The number of halogens is 1. The SMILES string of the molecule is COc1ccc(Br)cc1CN1CCCC1CNC(C)C. The van der Waals surface area contributed by atoms with Crippen molar-refractivity contribution in [2.24, 2.45) is 0 Å². The van der Waals surface area contributed by atoms with Gasteiger partial charge in [-0.1, -0.05) is 29.8 Å². The third-order valence-corrected chi connectivity index (χ3v) is 4.37. The number of ether oxygens (including phenoxy) is 1. The Kier molecular flexibility index (Phi) is 5.87. The summed E-state index contributed by atoms with van der Waals surface area (Å²) in [5, 5.41) is 3.56. The summed E-state index contributed by atoms with van der Waals surface area (Å²) in [6.45, 7) is 7.63. The fourth-order valence-electron chi connectivity index (χ4n) is 2.80. The van der Waals surface area contributed by atoms with Gasteiger partial charge in [0.1, 0.15) is 5.75 Å². The van der Waals surface area contributed by atoms with Crippen LogP contribution in [-0.4, -0.2) is 37.2 Å². The molecule has 20 heavy (non-hydrogen) atoms. The highest BCUT2D eigenvalue weighted by Gasteiger charge is 2.25. The zero-order valence-electron chi connectivity index (χ0n) is 12.7. The molecule has 0 aliphatic carbocycles. The molecule has 0 spiro atoms. The van der Waals surface area contributed by atoms with Crippen LogP contribution in [0.2, 0.25) is 0 Å². The van der Waals surface area contributed by atoms with Crippen molar-refractivity contribution in [3.05, 3.63) is 28.2 Å². The minimum atomic E-state index is 0.554. The molecule has 0 saturated carbocycles. The summed E-state index contributed by atoms with van der Waals surface area (Å²) in [4.78, 5) is 2.57. The molecule has 1 aliphatic heterocycles. The van der Waals surface area contributed by atoms with Gasteiger partial charge in [-0.2, -0.15) is 0 Å². The first kappa shape index (κ1) is 15.8. The highest BCUT2D eigenvalue weighted by molar-refractivity contribution is 9.10. The zero-order valence-corrected chi connectivity index (χ0v) is 14.2. The van der Waals surface area contributed by atoms with Crippen molar-refractivity contribution in [3.8, 4) is 5.75 Å². The molecule has 2 rings (SSSR count). The van der Waals surface area contributed by atoms with Crippen molar-refractivity contribution in [3.63, 3.8) is 0 Å². The van der Waals surface area contributed by atoms with Crippen LogP contribution < -0.4 is 10.1 Å². The second kappa shape index (κ2) is 7.43. The first-order chi connectivity index (χ1) is 9.60. The lowest BCUT2D eigenvalue weighted by Gasteiger charge is -2.26. The average Bonchev–Trinajstić information content (AvgIpc) is 2.84. The molecule has 1 saturated heterocycles. The van der Waals surface area contributed by atoms with Gasteiger partial charge >= 0.3 is 0 Å². The van der Waals surface area contributed by atoms with Crippen LogP contribution in [0.15, 0.2) is 22.7 Å². The minimum absolute atomic E-state index is 0.554. The van der Waals surface area contributed by atoms with Crippen LogP contribution in [-0.2, 0) is 6.54 Å². The van der Waals surface area contributed by atoms with Gasteiger partial charge in [-0.15, -0.1) is 0 Å². The van der Waals surface area contributed by atoms with E-state index in [0.717, 1.165) is 23.3 Å². The van der Waals surface area contributed by atoms with Crippen molar-refractivity contribution < 1.29 is 4.74 Å². The largest absolute Gasteiger partial charge is 0.496 e. The molecule has 1 heterocycles. The van der Waals surface area contributed by atoms with Crippen LogP contribution in [0, 0.1) is 0 Å². The van der Waals surface area contributed by atoms with Crippen LogP contribution in [0.3, 0.4) is 0 Å². The van der Waals surface area contributed by atoms with Gasteiger partial charge in [-0.3, -0.25) is 4.90 Å². The molecule has 0 aromatic heterocycles. The maximum atomic E-state index is 5.48. The highest BCUT2D eigenvalue weighted by Crippen LogP contribution is 2.27. The molecule has 1 N–H and O–H groups in total. The Hall–Kier alpha value is -0.580. The van der Waals surface area contributed by atoms with Crippen molar-refractivity contribution in [2.45, 2.75) is 45.3 Å². The van der Waals surface area contributed by atoms with Gasteiger partial charge in [0.05, 0.1) is 7.11 Å². The van der Waals surface area contributed by atoms with Gasteiger partial charge in [0.2, 0.25) is 0 Å². The molecule has 3 nitrogen and oxygen atoms in total. The number of hydrogen-bond donors (Lipinski definition) is 1. The number of benzene rings is 1. The van der Waals surface area contributed by atoms with Crippen LogP contribution in [0.4, 0.5) is 0 Å². The third-order valence-electron chi connectivity index (χ3n) is 3.88. The first-order valence-electron chi connectivity index (χ1n) is 7.40. The van der Waals surface area contributed by atoms with Crippen molar-refractivity contribution in [1.82, 2.24) is 10.2 Å². The summed E-state index contributed by atoms with van der Waals surface area (Å²) >= 11 is 3.55. The van der Waals surface area contributed by atoms with E-state index >= 15 is 0 Å². The molecule has 0 bridgehead atoms. The van der Waals surface area contributed by atoms with E-state index in [1.54, 1.807) is 7.11 Å². The Bertz CT molecular complexity index is 436. The standard InChI is InChI=1S/C16H25BrN2O/c1-12(2)18-10-15-5-4-8-19(15)11-13-9-14(17)6-7-16(13)20-3/h6-7,9,12,15,18H,4-5,8,10-11H2,1-3H3. The summed E-state index contributed by atoms with van der Waals surface area (Å²) in [6.07, 6.45) is 2.58. The van der Waals surface area contributed by atoms with Gasteiger partial charge < -0.3 is 10.1 Å². The fourth-order valence-corrected chi connectivity index (χ4v) is 3.20. The number of hydrogen-bond acceptors (Lipinski definition) is 3. The van der Waals surface area contributed by atoms with Crippen LogP contribution in [0.1, 0.15) is 32.3 Å². The molecule has 0 amide bonds. The Morgan fingerprint density at radius 3 is 2.95 bits per heavy atom. The van der Waals surface area contributed by atoms with Gasteiger partial charge in [0.15, 0.2) is 0 Å². The fraction of sp³-hybridized carbons (Fsp3) is 0.625. The Balaban J connectivity index is 2.02. The van der Waals surface area contributed by atoms with Crippen molar-refractivity contribution in [2.75, 3.05) is 20.2 Å². The first-order valence-corrected chi connectivity index (χ1v) is 8.19. The zero-order chi connectivity index (χ0) is 14.5. The van der Waals surface area contributed by atoms with E-state index in [9.17, 15) is 0 Å². The summed E-state index contributed by atoms with van der Waals surface area (Å²) in [6, 6.07) is 7.43. The molecule has 4 heteroatoms. The molecule has 1 unspecified atom stereocenters. The van der Waals surface area contributed by atoms with Crippen molar-refractivity contribution in [1.29, 1.82) is 0 Å². The van der Waals surface area contributed by atoms with Crippen LogP contribution in [0.5, 0.6) is 5.75 Å². The lowest BCUT2D eigenvalue weighted by Crippen LogP contribution is -2.39. The minimum Gasteiger partial charge on any atom is -0.496 e. The third kappa shape index (κ3) is 4.21. The Morgan fingerprint density at radius 2 is 2.25 bits per heavy atom. The monoisotopic (exact) mass is 340 g/mol. The lowest BCUT2D eigenvalue weighted by atomic mass is 10.1. The maximum Gasteiger partial charge on any atom is 0.123 e. The van der Waals surface area contributed by atoms with E-state index in [2.05, 4.69) is 46.1 Å². The predicted octanol–water partition coefficient (Wildman–Crippen LogP) is 3.42. The summed E-state index contributed by atoms with van der Waals surface area (Å²) in [5.41, 5.74) is 1.26. The second-order valence-electron chi connectivity index (χ2n) is 5.79. The number of rotatable bonds is 6. The molecule has 1 fully saturated rings. The normalized spacial score (nSPS) is 19.8. The predicted molar refractivity (Wildman–Crippen MR) is 87.3 cm³/mol. The molecular formula is C16H25BrN2O. The highest BCUT2D eigenvalue weighted by atomic mass is 79.9. The molecule has 112 valence electrons. The van der Waals surface area contributed by atoms with Gasteiger partial charge in [0, 0.05) is 35.2 Å². The summed E-state index contributed by atoms with van der Waals surface area (Å²) in [7, 11) is 1.74. The smallest absolute Gasteiger partial charge is 0.123 e. The second-order valence-corrected chi connectivity index (χ2v) is 6.70. The summed E-state index contributed by atoms with van der Waals surface area (Å²) < 4.78 is 6.60. The molecule has 1 aliphatic rings. The molecular weight excluding hydrogens is 316 g/mol. The van der Waals surface area contributed by atoms with Gasteiger partial charge in [0.25, 0.3) is 0 Å². The van der Waals surface area contributed by atoms with Crippen LogP contribution >= 0.6 is 15.9 Å². The summed E-state index contributed by atoms with van der Waals surface area (Å²) in [5.74, 6) is 0.982. The number of likely N-dealkylation sites (tertiary alicyclic amines) is 1. The number of nitrogens with zero attached hydrogens (tertiary/aromatic N) is 1. The van der Waals surface area contributed by atoms with Crippen LogP contribution in [0.25, 0.3) is 0 Å². The van der Waals surface area contributed by atoms with E-state index in [-0.39, 0.29) is 0 Å².